The van der Waals surface area contributed by atoms with Crippen LogP contribution in [-0.4, -0.2) is 4.98 Å². The smallest absolute Gasteiger partial charge is 0.0740 e. The molecular formula is C15H12N. The van der Waals surface area contributed by atoms with Crippen LogP contribution in [0.3, 0.4) is 0 Å². The van der Waals surface area contributed by atoms with E-state index in [1.807, 2.05) is 6.07 Å². The van der Waals surface area contributed by atoms with Crippen LogP contribution in [0.1, 0.15) is 11.3 Å². The van der Waals surface area contributed by atoms with Gasteiger partial charge in [-0.15, -0.1) is 0 Å². The predicted octanol–water partition coefficient (Wildman–Crippen LogP) is 3.88. The largest absolute Gasteiger partial charge is 0.252 e. The van der Waals surface area contributed by atoms with Crippen LogP contribution in [0.25, 0.3) is 21.7 Å². The summed E-state index contributed by atoms with van der Waals surface area (Å²) < 4.78 is 0. The third-order valence-electron chi connectivity index (χ3n) is 3.01. The van der Waals surface area contributed by atoms with Crippen LogP contribution in [0.15, 0.2) is 42.5 Å². The van der Waals surface area contributed by atoms with E-state index in [2.05, 4.69) is 55.2 Å². The van der Waals surface area contributed by atoms with Crippen LogP contribution in [0.5, 0.6) is 0 Å². The van der Waals surface area contributed by atoms with Crippen molar-refractivity contribution in [3.05, 3.63) is 60.6 Å². The van der Waals surface area contributed by atoms with Gasteiger partial charge in [-0.05, 0) is 24.8 Å². The molecule has 0 unspecified atom stereocenters. The molecule has 3 rings (SSSR count). The summed E-state index contributed by atoms with van der Waals surface area (Å²) in [5.41, 5.74) is 3.12. The van der Waals surface area contributed by atoms with Gasteiger partial charge in [0.25, 0.3) is 0 Å². The van der Waals surface area contributed by atoms with Crippen molar-refractivity contribution < 1.29 is 0 Å². The fourth-order valence-electron chi connectivity index (χ4n) is 2.19. The summed E-state index contributed by atoms with van der Waals surface area (Å²) in [6, 6.07) is 14.6. The van der Waals surface area contributed by atoms with Gasteiger partial charge in [0.05, 0.1) is 5.52 Å². The third kappa shape index (κ3) is 1.21. The van der Waals surface area contributed by atoms with Gasteiger partial charge in [-0.2, -0.15) is 0 Å². The number of para-hydroxylation sites is 1. The van der Waals surface area contributed by atoms with Crippen molar-refractivity contribution in [3.63, 3.8) is 0 Å². The lowest BCUT2D eigenvalue weighted by Gasteiger charge is -2.07. The molecule has 0 fully saturated rings. The number of benzene rings is 2. The molecule has 0 aliphatic carbocycles. The van der Waals surface area contributed by atoms with Crippen LogP contribution in [0.4, 0.5) is 0 Å². The molecule has 0 bridgehead atoms. The standard InChI is InChI=1S/C15H12N/c1-10-6-5-9-14-13-8-4-3-7-12(13)11(2)16-15(10)14/h3-9H,2H2,1H3. The number of hydrogen-bond donors (Lipinski definition) is 0. The first-order chi connectivity index (χ1) is 7.77. The van der Waals surface area contributed by atoms with E-state index in [1.54, 1.807) is 0 Å². The second kappa shape index (κ2) is 3.31. The van der Waals surface area contributed by atoms with E-state index in [9.17, 15) is 0 Å². The minimum atomic E-state index is 0.859. The number of fused-ring (bicyclic) bond motifs is 3. The first kappa shape index (κ1) is 9.34. The minimum Gasteiger partial charge on any atom is -0.252 e. The number of aromatic nitrogens is 1. The molecule has 0 aliphatic rings. The average molecular weight is 206 g/mol. The number of hydrogen-bond acceptors (Lipinski definition) is 1. The van der Waals surface area contributed by atoms with Gasteiger partial charge in [0.1, 0.15) is 0 Å². The monoisotopic (exact) mass is 206 g/mol. The lowest BCUT2D eigenvalue weighted by molar-refractivity contribution is 1.34. The molecule has 1 radical (unpaired) electrons. The highest BCUT2D eigenvalue weighted by molar-refractivity contribution is 6.07. The van der Waals surface area contributed by atoms with E-state index < -0.39 is 0 Å². The third-order valence-corrected chi connectivity index (χ3v) is 3.01. The molecule has 1 aromatic heterocycles. The molecule has 0 spiro atoms. The Bertz CT molecular complexity index is 678. The topological polar surface area (TPSA) is 12.9 Å². The van der Waals surface area contributed by atoms with Gasteiger partial charge < -0.3 is 0 Å². The van der Waals surface area contributed by atoms with E-state index in [0.717, 1.165) is 16.6 Å². The molecule has 2 aromatic carbocycles. The van der Waals surface area contributed by atoms with E-state index >= 15 is 0 Å². The number of pyridine rings is 1. The second-order valence-corrected chi connectivity index (χ2v) is 4.08. The molecule has 0 amide bonds. The molecule has 1 nitrogen and oxygen atoms in total. The lowest BCUT2D eigenvalue weighted by Crippen LogP contribution is -1.89. The maximum absolute atomic E-state index is 4.59. The van der Waals surface area contributed by atoms with Gasteiger partial charge in [0.15, 0.2) is 0 Å². The highest BCUT2D eigenvalue weighted by atomic mass is 14.7. The molecule has 1 heteroatoms. The van der Waals surface area contributed by atoms with Crippen molar-refractivity contribution in [3.8, 4) is 0 Å². The molecule has 3 aromatic rings. The molecule has 0 saturated heterocycles. The Hall–Kier alpha value is -1.89. The molecule has 0 N–H and O–H groups in total. The molecular weight excluding hydrogens is 194 g/mol. The summed E-state index contributed by atoms with van der Waals surface area (Å²) in [4.78, 5) is 4.59. The zero-order valence-corrected chi connectivity index (χ0v) is 9.20. The van der Waals surface area contributed by atoms with Crippen LogP contribution in [0, 0.1) is 13.8 Å². The van der Waals surface area contributed by atoms with Crippen molar-refractivity contribution in [2.75, 3.05) is 0 Å². The normalized spacial score (nSPS) is 11.1. The molecule has 1 heterocycles. The van der Waals surface area contributed by atoms with Gasteiger partial charge in [-0.25, -0.2) is 0 Å². The summed E-state index contributed by atoms with van der Waals surface area (Å²) in [6.07, 6.45) is 0. The summed E-state index contributed by atoms with van der Waals surface area (Å²) in [6.45, 7) is 6.12. The SMILES string of the molecule is [CH2]c1nc2c(C)cccc2c2ccccc12. The zero-order valence-electron chi connectivity index (χ0n) is 9.20. The van der Waals surface area contributed by atoms with E-state index in [-0.39, 0.29) is 0 Å². The molecule has 77 valence electrons. The first-order valence-corrected chi connectivity index (χ1v) is 5.37. The van der Waals surface area contributed by atoms with Crippen molar-refractivity contribution >= 4 is 21.7 Å². The molecule has 16 heavy (non-hydrogen) atoms. The van der Waals surface area contributed by atoms with E-state index in [0.29, 0.717) is 0 Å². The summed E-state index contributed by atoms with van der Waals surface area (Å²) in [5, 5.41) is 3.59. The lowest BCUT2D eigenvalue weighted by atomic mass is 10.0. The van der Waals surface area contributed by atoms with Gasteiger partial charge in [-0.3, -0.25) is 4.98 Å². The molecule has 0 atom stereocenters. The average Bonchev–Trinajstić information content (AvgIpc) is 2.31. The fourth-order valence-corrected chi connectivity index (χ4v) is 2.19. The maximum Gasteiger partial charge on any atom is 0.0740 e. The summed E-state index contributed by atoms with van der Waals surface area (Å²) in [7, 11) is 0. The molecule has 0 saturated carbocycles. The number of rotatable bonds is 0. The van der Waals surface area contributed by atoms with Gasteiger partial charge in [0.2, 0.25) is 0 Å². The van der Waals surface area contributed by atoms with Crippen LogP contribution in [0.2, 0.25) is 0 Å². The first-order valence-electron chi connectivity index (χ1n) is 5.37. The summed E-state index contributed by atoms with van der Waals surface area (Å²) in [5.74, 6) is 0. The van der Waals surface area contributed by atoms with E-state index in [4.69, 9.17) is 0 Å². The molecule has 0 aliphatic heterocycles. The van der Waals surface area contributed by atoms with Crippen molar-refractivity contribution in [1.29, 1.82) is 0 Å². The van der Waals surface area contributed by atoms with Gasteiger partial charge in [0, 0.05) is 16.5 Å². The highest BCUT2D eigenvalue weighted by Gasteiger charge is 2.05. The maximum atomic E-state index is 4.59. The van der Waals surface area contributed by atoms with E-state index in [1.165, 1.54) is 16.3 Å². The summed E-state index contributed by atoms with van der Waals surface area (Å²) >= 11 is 0. The minimum absolute atomic E-state index is 0.859. The second-order valence-electron chi connectivity index (χ2n) is 4.08. The van der Waals surface area contributed by atoms with Crippen molar-refractivity contribution in [1.82, 2.24) is 4.98 Å². The number of aryl methyl sites for hydroxylation is 1. The Labute approximate surface area is 94.7 Å². The van der Waals surface area contributed by atoms with Gasteiger partial charge >= 0.3 is 0 Å². The Balaban J connectivity index is 2.64. The Morgan fingerprint density at radius 2 is 1.56 bits per heavy atom. The zero-order chi connectivity index (χ0) is 11.1. The van der Waals surface area contributed by atoms with Crippen LogP contribution < -0.4 is 0 Å². The fraction of sp³-hybridized carbons (Fsp3) is 0.0667. The van der Waals surface area contributed by atoms with Crippen LogP contribution in [-0.2, 0) is 0 Å². The van der Waals surface area contributed by atoms with Crippen molar-refractivity contribution in [2.24, 2.45) is 0 Å². The van der Waals surface area contributed by atoms with Gasteiger partial charge in [-0.1, -0.05) is 42.5 Å². The quantitative estimate of drug-likeness (QED) is 0.509. The Morgan fingerprint density at radius 1 is 0.875 bits per heavy atom. The Morgan fingerprint density at radius 3 is 2.38 bits per heavy atom. The Kier molecular flexibility index (Phi) is 1.93. The van der Waals surface area contributed by atoms with Crippen LogP contribution >= 0.6 is 0 Å². The number of nitrogens with zero attached hydrogens (tertiary/aromatic N) is 1. The highest BCUT2D eigenvalue weighted by Crippen LogP contribution is 2.27. The predicted molar refractivity (Wildman–Crippen MR) is 68.4 cm³/mol. The van der Waals surface area contributed by atoms with Crippen molar-refractivity contribution in [2.45, 2.75) is 6.92 Å².